The van der Waals surface area contributed by atoms with Crippen molar-refractivity contribution in [3.05, 3.63) is 35.0 Å². The number of urea groups is 1. The lowest BCUT2D eigenvalue weighted by Gasteiger charge is -2.29. The van der Waals surface area contributed by atoms with E-state index in [0.29, 0.717) is 35.9 Å². The SMILES string of the molecule is CCOC(=O)C1=C(CN(C)Cc2ccc(OC)c(OC)c2)NC(=O)N[C@@H]1C. The number of hydrogen-bond donors (Lipinski definition) is 2. The molecule has 0 radical (unpaired) electrons. The van der Waals surface area contributed by atoms with E-state index in [1.54, 1.807) is 28.1 Å². The molecular formula is C19H27N3O5. The van der Waals surface area contributed by atoms with Crippen LogP contribution < -0.4 is 20.1 Å². The minimum Gasteiger partial charge on any atom is -0.493 e. The van der Waals surface area contributed by atoms with Gasteiger partial charge in [-0.25, -0.2) is 9.59 Å². The summed E-state index contributed by atoms with van der Waals surface area (Å²) in [5.74, 6) is 0.890. The number of nitrogens with zero attached hydrogens (tertiary/aromatic N) is 1. The van der Waals surface area contributed by atoms with Gasteiger partial charge >= 0.3 is 12.0 Å². The van der Waals surface area contributed by atoms with Gasteiger partial charge in [0.25, 0.3) is 0 Å². The van der Waals surface area contributed by atoms with Crippen LogP contribution in [0.2, 0.25) is 0 Å². The standard InChI is InChI=1S/C19H27N3O5/c1-6-27-18(23)17-12(2)20-19(24)21-14(17)11-22(3)10-13-7-8-15(25-4)16(9-13)26-5/h7-9,12H,6,10-11H2,1-5H3,(H2,20,21,24)/t12-/m1/s1. The molecule has 0 saturated carbocycles. The Hall–Kier alpha value is -2.74. The molecule has 0 fully saturated rings. The average Bonchev–Trinajstić information content (AvgIpc) is 2.61. The van der Waals surface area contributed by atoms with Crippen LogP contribution in [0.15, 0.2) is 29.5 Å². The molecule has 8 heteroatoms. The van der Waals surface area contributed by atoms with E-state index in [4.69, 9.17) is 14.2 Å². The van der Waals surface area contributed by atoms with Gasteiger partial charge < -0.3 is 24.8 Å². The predicted octanol–water partition coefficient (Wildman–Crippen LogP) is 1.65. The Kier molecular flexibility index (Phi) is 7.06. The monoisotopic (exact) mass is 377 g/mol. The first kappa shape index (κ1) is 20.6. The van der Waals surface area contributed by atoms with Gasteiger partial charge in [0, 0.05) is 18.8 Å². The largest absolute Gasteiger partial charge is 0.493 e. The van der Waals surface area contributed by atoms with Crippen LogP contribution in [0.1, 0.15) is 19.4 Å². The fourth-order valence-electron chi connectivity index (χ4n) is 3.02. The quantitative estimate of drug-likeness (QED) is 0.670. The zero-order chi connectivity index (χ0) is 20.0. The third kappa shape index (κ3) is 5.13. The van der Waals surface area contributed by atoms with E-state index >= 15 is 0 Å². The van der Waals surface area contributed by atoms with Gasteiger partial charge in [0.2, 0.25) is 0 Å². The molecule has 2 amide bonds. The van der Waals surface area contributed by atoms with Gasteiger partial charge in [-0.3, -0.25) is 4.90 Å². The summed E-state index contributed by atoms with van der Waals surface area (Å²) < 4.78 is 15.7. The molecule has 148 valence electrons. The van der Waals surface area contributed by atoms with Gasteiger partial charge in [-0.1, -0.05) is 6.07 Å². The highest BCUT2D eigenvalue weighted by Crippen LogP contribution is 2.28. The molecule has 1 aliphatic rings. The zero-order valence-corrected chi connectivity index (χ0v) is 16.4. The number of esters is 1. The number of methoxy groups -OCH3 is 2. The van der Waals surface area contributed by atoms with Crippen molar-refractivity contribution in [1.29, 1.82) is 0 Å². The first-order valence-corrected chi connectivity index (χ1v) is 8.76. The summed E-state index contributed by atoms with van der Waals surface area (Å²) in [4.78, 5) is 26.1. The Balaban J connectivity index is 2.18. The number of hydrogen-bond acceptors (Lipinski definition) is 6. The van der Waals surface area contributed by atoms with Gasteiger partial charge in [-0.15, -0.1) is 0 Å². The third-order valence-electron chi connectivity index (χ3n) is 4.19. The minimum atomic E-state index is -0.424. The van der Waals surface area contributed by atoms with E-state index in [9.17, 15) is 9.59 Å². The van der Waals surface area contributed by atoms with Crippen molar-refractivity contribution in [3.8, 4) is 11.5 Å². The molecule has 1 aromatic rings. The van der Waals surface area contributed by atoms with E-state index < -0.39 is 12.0 Å². The van der Waals surface area contributed by atoms with Crippen molar-refractivity contribution < 1.29 is 23.8 Å². The fraction of sp³-hybridized carbons (Fsp3) is 0.474. The Morgan fingerprint density at radius 1 is 1.19 bits per heavy atom. The number of ether oxygens (including phenoxy) is 3. The summed E-state index contributed by atoms with van der Waals surface area (Å²) in [5.41, 5.74) is 2.00. The predicted molar refractivity (Wildman–Crippen MR) is 101 cm³/mol. The van der Waals surface area contributed by atoms with Crippen LogP contribution in [0.5, 0.6) is 11.5 Å². The maximum Gasteiger partial charge on any atom is 0.337 e. The summed E-state index contributed by atoms with van der Waals surface area (Å²) in [5, 5.41) is 5.43. The highest BCUT2D eigenvalue weighted by Gasteiger charge is 2.30. The van der Waals surface area contributed by atoms with Crippen molar-refractivity contribution >= 4 is 12.0 Å². The van der Waals surface area contributed by atoms with E-state index in [-0.39, 0.29) is 12.6 Å². The average molecular weight is 377 g/mol. The molecule has 0 saturated heterocycles. The summed E-state index contributed by atoms with van der Waals surface area (Å²) >= 11 is 0. The molecular weight excluding hydrogens is 350 g/mol. The number of likely N-dealkylation sites (N-methyl/N-ethyl adjacent to an activating group) is 1. The van der Waals surface area contributed by atoms with Crippen molar-refractivity contribution in [2.24, 2.45) is 0 Å². The maximum absolute atomic E-state index is 12.3. The van der Waals surface area contributed by atoms with E-state index in [0.717, 1.165) is 5.56 Å². The molecule has 2 N–H and O–H groups in total. The van der Waals surface area contributed by atoms with Gasteiger partial charge in [0.15, 0.2) is 11.5 Å². The van der Waals surface area contributed by atoms with Crippen LogP contribution in [-0.4, -0.2) is 57.4 Å². The first-order valence-electron chi connectivity index (χ1n) is 8.76. The lowest BCUT2D eigenvalue weighted by Crippen LogP contribution is -2.51. The Morgan fingerprint density at radius 3 is 2.52 bits per heavy atom. The Bertz CT molecular complexity index is 732. The van der Waals surface area contributed by atoms with Crippen LogP contribution in [0.3, 0.4) is 0 Å². The van der Waals surface area contributed by atoms with Crippen molar-refractivity contribution in [3.63, 3.8) is 0 Å². The molecule has 0 unspecified atom stereocenters. The normalized spacial score (nSPS) is 16.7. The molecule has 2 rings (SSSR count). The van der Waals surface area contributed by atoms with Crippen LogP contribution >= 0.6 is 0 Å². The number of carbonyl (C=O) groups is 2. The first-order chi connectivity index (χ1) is 12.9. The topological polar surface area (TPSA) is 89.1 Å². The number of carbonyl (C=O) groups excluding carboxylic acids is 2. The second kappa shape index (κ2) is 9.27. The van der Waals surface area contributed by atoms with Crippen molar-refractivity contribution in [2.75, 3.05) is 34.4 Å². The summed E-state index contributed by atoms with van der Waals surface area (Å²) in [6, 6.07) is 4.95. The Labute approximate surface area is 159 Å². The van der Waals surface area contributed by atoms with Crippen molar-refractivity contribution in [1.82, 2.24) is 15.5 Å². The summed E-state index contributed by atoms with van der Waals surface area (Å²) in [7, 11) is 5.09. The number of rotatable bonds is 8. The second-order valence-corrected chi connectivity index (χ2v) is 6.29. The molecule has 8 nitrogen and oxygen atoms in total. The van der Waals surface area contributed by atoms with E-state index in [1.807, 2.05) is 30.1 Å². The number of nitrogens with one attached hydrogen (secondary N) is 2. The van der Waals surface area contributed by atoms with Gasteiger partial charge in [0.1, 0.15) is 0 Å². The highest BCUT2D eigenvalue weighted by molar-refractivity contribution is 5.94. The number of amides is 2. The van der Waals surface area contributed by atoms with Crippen LogP contribution in [0.4, 0.5) is 4.79 Å². The molecule has 0 aromatic heterocycles. The van der Waals surface area contributed by atoms with E-state index in [2.05, 4.69) is 10.6 Å². The lowest BCUT2D eigenvalue weighted by atomic mass is 10.0. The van der Waals surface area contributed by atoms with Crippen LogP contribution in [0.25, 0.3) is 0 Å². The summed E-state index contributed by atoms with van der Waals surface area (Å²) in [6.07, 6.45) is 0. The molecule has 27 heavy (non-hydrogen) atoms. The molecule has 1 aliphatic heterocycles. The molecule has 0 aliphatic carbocycles. The van der Waals surface area contributed by atoms with Crippen LogP contribution in [-0.2, 0) is 16.1 Å². The lowest BCUT2D eigenvalue weighted by molar-refractivity contribution is -0.139. The fourth-order valence-corrected chi connectivity index (χ4v) is 3.02. The molecule has 1 atom stereocenters. The zero-order valence-electron chi connectivity index (χ0n) is 16.4. The molecule has 0 spiro atoms. The van der Waals surface area contributed by atoms with Gasteiger partial charge in [0.05, 0.1) is 32.4 Å². The molecule has 1 heterocycles. The van der Waals surface area contributed by atoms with E-state index in [1.165, 1.54) is 0 Å². The molecule has 0 bridgehead atoms. The Morgan fingerprint density at radius 2 is 1.89 bits per heavy atom. The summed E-state index contributed by atoms with van der Waals surface area (Å²) in [6.45, 7) is 4.77. The highest BCUT2D eigenvalue weighted by atomic mass is 16.5. The van der Waals surface area contributed by atoms with Gasteiger partial charge in [-0.05, 0) is 38.6 Å². The second-order valence-electron chi connectivity index (χ2n) is 6.29. The van der Waals surface area contributed by atoms with Crippen molar-refractivity contribution in [2.45, 2.75) is 26.4 Å². The van der Waals surface area contributed by atoms with Crippen LogP contribution in [0, 0.1) is 0 Å². The number of benzene rings is 1. The minimum absolute atomic E-state index is 0.276. The molecule has 1 aromatic carbocycles. The third-order valence-corrected chi connectivity index (χ3v) is 4.19. The maximum atomic E-state index is 12.3. The van der Waals surface area contributed by atoms with Gasteiger partial charge in [-0.2, -0.15) is 0 Å². The smallest absolute Gasteiger partial charge is 0.337 e.